The third-order valence-electron chi connectivity index (χ3n) is 2.53. The Bertz CT molecular complexity index is 842. The van der Waals surface area contributed by atoms with Crippen LogP contribution in [-0.2, 0) is 0 Å². The summed E-state index contributed by atoms with van der Waals surface area (Å²) in [4.78, 5) is 4.91. The van der Waals surface area contributed by atoms with Gasteiger partial charge in [-0.2, -0.15) is 4.52 Å². The van der Waals surface area contributed by atoms with E-state index in [0.717, 1.165) is 5.69 Å². The van der Waals surface area contributed by atoms with E-state index in [0.29, 0.717) is 27.4 Å². The van der Waals surface area contributed by atoms with Gasteiger partial charge >= 0.3 is 0 Å². The van der Waals surface area contributed by atoms with Crippen LogP contribution in [0.4, 0.5) is 0 Å². The van der Waals surface area contributed by atoms with Crippen LogP contribution in [0.2, 0.25) is 0 Å². The van der Waals surface area contributed by atoms with Gasteiger partial charge < -0.3 is 8.83 Å². The van der Waals surface area contributed by atoms with Crippen LogP contribution in [0.25, 0.3) is 27.4 Å². The first-order chi connectivity index (χ1) is 9.31. The molecule has 4 heterocycles. The van der Waals surface area contributed by atoms with Crippen molar-refractivity contribution in [3.8, 4) is 22.5 Å². The fourth-order valence-corrected chi connectivity index (χ4v) is 2.49. The van der Waals surface area contributed by atoms with E-state index in [1.165, 1.54) is 11.3 Å². The second-order valence-corrected chi connectivity index (χ2v) is 4.85. The summed E-state index contributed by atoms with van der Waals surface area (Å²) >= 11 is 1.36. The van der Waals surface area contributed by atoms with E-state index in [4.69, 9.17) is 8.83 Å². The van der Waals surface area contributed by atoms with Gasteiger partial charge in [0.1, 0.15) is 6.26 Å². The molecule has 94 valence electrons. The van der Waals surface area contributed by atoms with E-state index >= 15 is 0 Å². The highest BCUT2D eigenvalue weighted by atomic mass is 32.1. The normalized spacial score (nSPS) is 11.4. The third kappa shape index (κ3) is 1.57. The van der Waals surface area contributed by atoms with Crippen LogP contribution >= 0.6 is 11.3 Å². The third-order valence-corrected chi connectivity index (χ3v) is 3.42. The molecule has 0 bridgehead atoms. The molecule has 0 atom stereocenters. The lowest BCUT2D eigenvalue weighted by atomic mass is 10.4. The predicted molar refractivity (Wildman–Crippen MR) is 66.6 cm³/mol. The molecule has 0 radical (unpaired) electrons. The van der Waals surface area contributed by atoms with Crippen LogP contribution in [0.5, 0.6) is 0 Å². The van der Waals surface area contributed by atoms with Gasteiger partial charge in [-0.3, -0.25) is 0 Å². The zero-order valence-electron chi connectivity index (χ0n) is 9.77. The molecule has 0 spiro atoms. The molecule has 0 N–H and O–H groups in total. The van der Waals surface area contributed by atoms with Crippen molar-refractivity contribution in [3.63, 3.8) is 0 Å². The number of hydrogen-bond donors (Lipinski definition) is 0. The van der Waals surface area contributed by atoms with E-state index in [9.17, 15) is 0 Å². The number of oxazole rings is 1. The lowest BCUT2D eigenvalue weighted by Gasteiger charge is -1.89. The maximum Gasteiger partial charge on any atom is 0.258 e. The molecule has 0 aliphatic rings. The van der Waals surface area contributed by atoms with E-state index in [-0.39, 0.29) is 0 Å². The molecule has 0 amide bonds. The number of nitrogens with zero attached hydrogens (tertiary/aromatic N) is 5. The largest absolute Gasteiger partial charge is 0.461 e. The summed E-state index contributed by atoms with van der Waals surface area (Å²) in [6, 6.07) is 3.60. The standard InChI is InChI=1S/C11H7N5O2S/c1-6-5-18-9(12-6)10-15-16-8(7-3-2-4-17-7)13-14-11(16)19-10/h2-5H,1H3. The van der Waals surface area contributed by atoms with Gasteiger partial charge in [0, 0.05) is 0 Å². The van der Waals surface area contributed by atoms with Crippen molar-refractivity contribution in [1.29, 1.82) is 0 Å². The van der Waals surface area contributed by atoms with Crippen LogP contribution in [0, 0.1) is 6.92 Å². The fraction of sp³-hybridized carbons (Fsp3) is 0.0909. The number of aryl methyl sites for hydroxylation is 1. The number of fused-ring (bicyclic) bond motifs is 1. The SMILES string of the molecule is Cc1coc(-c2nn3c(-c4ccco4)nnc3s2)n1. The van der Waals surface area contributed by atoms with E-state index in [1.54, 1.807) is 23.1 Å². The van der Waals surface area contributed by atoms with Crippen LogP contribution in [0.1, 0.15) is 5.69 Å². The van der Waals surface area contributed by atoms with E-state index in [1.807, 2.05) is 13.0 Å². The number of hydrogen-bond acceptors (Lipinski definition) is 7. The average molecular weight is 273 g/mol. The summed E-state index contributed by atoms with van der Waals surface area (Å²) < 4.78 is 12.3. The lowest BCUT2D eigenvalue weighted by Crippen LogP contribution is -1.89. The quantitative estimate of drug-likeness (QED) is 0.557. The molecule has 4 rings (SSSR count). The minimum Gasteiger partial charge on any atom is -0.461 e. The molecule has 4 aromatic heterocycles. The van der Waals surface area contributed by atoms with Gasteiger partial charge in [-0.05, 0) is 19.1 Å². The Kier molecular flexibility index (Phi) is 2.06. The van der Waals surface area contributed by atoms with Gasteiger partial charge in [-0.1, -0.05) is 11.3 Å². The molecule has 0 fully saturated rings. The fourth-order valence-electron chi connectivity index (χ4n) is 1.72. The summed E-state index contributed by atoms with van der Waals surface area (Å²) in [6.45, 7) is 1.86. The smallest absolute Gasteiger partial charge is 0.258 e. The van der Waals surface area contributed by atoms with Crippen molar-refractivity contribution in [2.24, 2.45) is 0 Å². The number of rotatable bonds is 2. The summed E-state index contributed by atoms with van der Waals surface area (Å²) in [6.07, 6.45) is 3.17. The molecule has 7 nitrogen and oxygen atoms in total. The maximum atomic E-state index is 5.33. The van der Waals surface area contributed by atoms with Crippen molar-refractivity contribution in [2.45, 2.75) is 6.92 Å². The topological polar surface area (TPSA) is 82.2 Å². The Hall–Kier alpha value is -2.48. The van der Waals surface area contributed by atoms with Crippen LogP contribution in [0.3, 0.4) is 0 Å². The first kappa shape index (κ1) is 10.4. The van der Waals surface area contributed by atoms with Crippen molar-refractivity contribution in [3.05, 3.63) is 30.4 Å². The van der Waals surface area contributed by atoms with Crippen LogP contribution in [0.15, 0.2) is 33.5 Å². The Balaban J connectivity index is 1.89. The van der Waals surface area contributed by atoms with Gasteiger partial charge in [0.15, 0.2) is 5.76 Å². The highest BCUT2D eigenvalue weighted by Crippen LogP contribution is 2.27. The van der Waals surface area contributed by atoms with Crippen LogP contribution < -0.4 is 0 Å². The molecule has 0 aliphatic heterocycles. The van der Waals surface area contributed by atoms with E-state index in [2.05, 4.69) is 20.3 Å². The average Bonchev–Trinajstić information content (AvgIpc) is 3.11. The van der Waals surface area contributed by atoms with Crippen molar-refractivity contribution in [1.82, 2.24) is 24.8 Å². The molecule has 0 saturated heterocycles. The highest BCUT2D eigenvalue weighted by molar-refractivity contribution is 7.19. The Morgan fingerprint density at radius 1 is 1.26 bits per heavy atom. The molecular weight excluding hydrogens is 266 g/mol. The van der Waals surface area contributed by atoms with Crippen molar-refractivity contribution < 1.29 is 8.83 Å². The molecular formula is C11H7N5O2S. The maximum absolute atomic E-state index is 5.33. The first-order valence-corrected chi connectivity index (χ1v) is 6.31. The van der Waals surface area contributed by atoms with Gasteiger partial charge in [0.05, 0.1) is 12.0 Å². The number of aromatic nitrogens is 5. The zero-order chi connectivity index (χ0) is 12.8. The Morgan fingerprint density at radius 3 is 2.95 bits per heavy atom. The van der Waals surface area contributed by atoms with Gasteiger partial charge in [-0.15, -0.1) is 15.3 Å². The molecule has 19 heavy (non-hydrogen) atoms. The molecule has 0 aromatic carbocycles. The summed E-state index contributed by atoms with van der Waals surface area (Å²) in [5.74, 6) is 1.66. The second-order valence-electron chi connectivity index (χ2n) is 3.90. The minimum absolute atomic E-state index is 0.485. The second kappa shape index (κ2) is 3.75. The van der Waals surface area contributed by atoms with E-state index < -0.39 is 0 Å². The molecule has 0 saturated carbocycles. The monoisotopic (exact) mass is 273 g/mol. The molecule has 0 aliphatic carbocycles. The van der Waals surface area contributed by atoms with Gasteiger partial charge in [0.2, 0.25) is 15.8 Å². The molecule has 0 unspecified atom stereocenters. The molecule has 8 heteroatoms. The Labute approximate surface area is 110 Å². The first-order valence-electron chi connectivity index (χ1n) is 5.50. The highest BCUT2D eigenvalue weighted by Gasteiger charge is 2.18. The number of furan rings is 1. The summed E-state index contributed by atoms with van der Waals surface area (Å²) in [7, 11) is 0. The zero-order valence-corrected chi connectivity index (χ0v) is 10.6. The van der Waals surface area contributed by atoms with Gasteiger partial charge in [0.25, 0.3) is 5.89 Å². The van der Waals surface area contributed by atoms with Crippen molar-refractivity contribution >= 4 is 16.3 Å². The summed E-state index contributed by atoms with van der Waals surface area (Å²) in [5, 5.41) is 13.2. The lowest BCUT2D eigenvalue weighted by molar-refractivity contribution is 0.569. The minimum atomic E-state index is 0.485. The van der Waals surface area contributed by atoms with Gasteiger partial charge in [-0.25, -0.2) is 4.98 Å². The molecule has 4 aromatic rings. The Morgan fingerprint density at radius 2 is 2.21 bits per heavy atom. The van der Waals surface area contributed by atoms with Crippen LogP contribution in [-0.4, -0.2) is 24.8 Å². The summed E-state index contributed by atoms with van der Waals surface area (Å²) in [5.41, 5.74) is 0.812. The predicted octanol–water partition coefficient (Wildman–Crippen LogP) is 2.41. The van der Waals surface area contributed by atoms with Crippen molar-refractivity contribution in [2.75, 3.05) is 0 Å².